The third kappa shape index (κ3) is 2.74. The van der Waals surface area contributed by atoms with Crippen LogP contribution in [0, 0.1) is 0 Å². The van der Waals surface area contributed by atoms with E-state index < -0.39 is 26.2 Å². The van der Waals surface area contributed by atoms with Gasteiger partial charge in [0.05, 0.1) is 11.4 Å². The van der Waals surface area contributed by atoms with Gasteiger partial charge in [-0.2, -0.15) is 8.78 Å². The van der Waals surface area contributed by atoms with Crippen molar-refractivity contribution in [2.75, 3.05) is 0 Å². The summed E-state index contributed by atoms with van der Waals surface area (Å²) in [5, 5.41) is 0. The van der Waals surface area contributed by atoms with E-state index in [0.717, 1.165) is 12.1 Å². The number of fused-ring (bicyclic) bond motifs is 1. The molecule has 9 heteroatoms. The normalized spacial score (nSPS) is 12.1. The van der Waals surface area contributed by atoms with Gasteiger partial charge in [-0.3, -0.25) is 4.57 Å². The molecule has 0 amide bonds. The molecule has 0 N–H and O–H groups in total. The molecule has 23 heavy (non-hydrogen) atoms. The first-order valence-corrected chi connectivity index (χ1v) is 7.99. The highest BCUT2D eigenvalue weighted by molar-refractivity contribution is 7.91. The Morgan fingerprint density at radius 3 is 2.52 bits per heavy atom. The smallest absolute Gasteiger partial charge is 0.406 e. The largest absolute Gasteiger partial charge is 0.421 e. The lowest BCUT2D eigenvalue weighted by Gasteiger charge is -2.05. The van der Waals surface area contributed by atoms with Gasteiger partial charge in [-0.15, -0.1) is 0 Å². The van der Waals surface area contributed by atoms with Crippen LogP contribution in [-0.2, 0) is 16.4 Å². The first kappa shape index (κ1) is 15.3. The molecule has 0 aliphatic carbocycles. The van der Waals surface area contributed by atoms with Gasteiger partial charge in [0.2, 0.25) is 9.84 Å². The fourth-order valence-corrected chi connectivity index (χ4v) is 2.83. The summed E-state index contributed by atoms with van der Waals surface area (Å²) < 4.78 is 54.0. The van der Waals surface area contributed by atoms with Crippen LogP contribution < -0.4 is 5.76 Å². The molecule has 0 spiro atoms. The summed E-state index contributed by atoms with van der Waals surface area (Å²) in [5.74, 6) is -4.08. The van der Waals surface area contributed by atoms with Crippen molar-refractivity contribution in [2.24, 2.45) is 0 Å². The van der Waals surface area contributed by atoms with Crippen molar-refractivity contribution in [3.8, 4) is 0 Å². The zero-order valence-corrected chi connectivity index (χ0v) is 12.3. The maximum Gasteiger partial charge on any atom is 0.421 e. The van der Waals surface area contributed by atoms with Crippen molar-refractivity contribution >= 4 is 21.1 Å². The van der Waals surface area contributed by atoms with Gasteiger partial charge in [0, 0.05) is 6.20 Å². The van der Waals surface area contributed by atoms with E-state index in [1.165, 1.54) is 22.9 Å². The minimum atomic E-state index is -4.63. The van der Waals surface area contributed by atoms with Gasteiger partial charge >= 0.3 is 11.5 Å². The monoisotopic (exact) mass is 340 g/mol. The van der Waals surface area contributed by atoms with Gasteiger partial charge < -0.3 is 4.42 Å². The summed E-state index contributed by atoms with van der Waals surface area (Å²) in [6, 6.07) is 8.11. The first-order chi connectivity index (χ1) is 10.9. The quantitative estimate of drug-likeness (QED) is 0.726. The van der Waals surface area contributed by atoms with E-state index in [0.29, 0.717) is 16.8 Å². The Bertz CT molecular complexity index is 1010. The minimum absolute atomic E-state index is 0.0812. The van der Waals surface area contributed by atoms with E-state index in [-0.39, 0.29) is 6.54 Å². The number of oxazole rings is 1. The number of nitrogens with zero attached hydrogens (tertiary/aromatic N) is 2. The summed E-state index contributed by atoms with van der Waals surface area (Å²) in [4.78, 5) is 15.4. The molecule has 0 bridgehead atoms. The average molecular weight is 340 g/mol. The topological polar surface area (TPSA) is 82.2 Å². The van der Waals surface area contributed by atoms with Crippen LogP contribution >= 0.6 is 0 Å². The molecule has 0 aliphatic heterocycles. The summed E-state index contributed by atoms with van der Waals surface area (Å²) in [6.07, 6.45) is 1.51. The fraction of sp³-hybridized carbons (Fsp3) is 0.143. The molecule has 0 radical (unpaired) electrons. The predicted octanol–water partition coefficient (Wildman–Crippen LogP) is 2.03. The Morgan fingerprint density at radius 2 is 1.87 bits per heavy atom. The Hall–Kier alpha value is -2.55. The van der Waals surface area contributed by atoms with Crippen molar-refractivity contribution in [3.05, 3.63) is 58.7 Å². The number of hydrogen-bond donors (Lipinski definition) is 0. The molecule has 0 aliphatic rings. The van der Waals surface area contributed by atoms with Crippen molar-refractivity contribution in [1.82, 2.24) is 9.55 Å². The standard InChI is InChI=1S/C14H10F2N2O4S/c15-13(16)23(20,21)10-5-3-9(4-6-10)8-18-12-11(22-14(18)19)2-1-7-17-12/h1-7,13H,8H2. The SMILES string of the molecule is O=c1oc2cccnc2n1Cc1ccc(S(=O)(=O)C(F)F)cc1. The molecule has 2 aromatic heterocycles. The van der Waals surface area contributed by atoms with E-state index >= 15 is 0 Å². The molecule has 0 saturated heterocycles. The van der Waals surface area contributed by atoms with Gasteiger partial charge in [-0.05, 0) is 29.8 Å². The molecule has 0 saturated carbocycles. The lowest BCUT2D eigenvalue weighted by atomic mass is 10.2. The number of benzene rings is 1. The Balaban J connectivity index is 1.95. The Labute approximate surface area is 128 Å². The van der Waals surface area contributed by atoms with Crippen molar-refractivity contribution in [2.45, 2.75) is 17.2 Å². The lowest BCUT2D eigenvalue weighted by Crippen LogP contribution is -2.15. The summed E-state index contributed by atoms with van der Waals surface area (Å²) in [7, 11) is -4.63. The maximum atomic E-state index is 12.5. The second kappa shape index (κ2) is 5.58. The van der Waals surface area contributed by atoms with Gasteiger partial charge in [-0.25, -0.2) is 18.2 Å². The van der Waals surface area contributed by atoms with E-state index in [9.17, 15) is 22.0 Å². The van der Waals surface area contributed by atoms with E-state index in [2.05, 4.69) is 4.98 Å². The number of aromatic nitrogens is 2. The number of pyridine rings is 1. The van der Waals surface area contributed by atoms with Crippen LogP contribution in [0.5, 0.6) is 0 Å². The minimum Gasteiger partial charge on any atom is -0.406 e. The van der Waals surface area contributed by atoms with E-state index in [1.54, 1.807) is 12.1 Å². The van der Waals surface area contributed by atoms with Crippen LogP contribution in [0.3, 0.4) is 0 Å². The predicted molar refractivity (Wildman–Crippen MR) is 77.0 cm³/mol. The highest BCUT2D eigenvalue weighted by Crippen LogP contribution is 2.19. The molecular weight excluding hydrogens is 330 g/mol. The summed E-state index contributed by atoms with van der Waals surface area (Å²) in [6.45, 7) is 0.0812. The second-order valence-electron chi connectivity index (χ2n) is 4.73. The second-order valence-corrected chi connectivity index (χ2v) is 6.65. The number of rotatable bonds is 4. The molecule has 3 aromatic rings. The maximum absolute atomic E-state index is 12.5. The molecule has 1 aromatic carbocycles. The molecule has 0 atom stereocenters. The Kier molecular flexibility index (Phi) is 3.72. The van der Waals surface area contributed by atoms with Crippen LogP contribution in [0.1, 0.15) is 5.56 Å². The third-order valence-corrected chi connectivity index (χ3v) is 4.65. The first-order valence-electron chi connectivity index (χ1n) is 6.45. The lowest BCUT2D eigenvalue weighted by molar-refractivity contribution is 0.234. The van der Waals surface area contributed by atoms with Gasteiger partial charge in [0.25, 0.3) is 0 Å². The van der Waals surface area contributed by atoms with Gasteiger partial charge in [-0.1, -0.05) is 12.1 Å². The number of halogens is 2. The van der Waals surface area contributed by atoms with Gasteiger partial charge in [0.1, 0.15) is 0 Å². The summed E-state index contributed by atoms with van der Waals surface area (Å²) >= 11 is 0. The van der Waals surface area contributed by atoms with Crippen LogP contribution in [0.4, 0.5) is 8.78 Å². The van der Waals surface area contributed by atoms with Crippen LogP contribution in [-0.4, -0.2) is 23.7 Å². The Morgan fingerprint density at radius 1 is 1.17 bits per heavy atom. The molecule has 2 heterocycles. The van der Waals surface area contributed by atoms with Crippen molar-refractivity contribution in [1.29, 1.82) is 0 Å². The third-order valence-electron chi connectivity index (χ3n) is 3.25. The molecule has 0 unspecified atom stereocenters. The molecule has 6 nitrogen and oxygen atoms in total. The summed E-state index contributed by atoms with van der Waals surface area (Å²) in [5.41, 5.74) is 1.23. The van der Waals surface area contributed by atoms with Crippen molar-refractivity contribution in [3.63, 3.8) is 0 Å². The zero-order chi connectivity index (χ0) is 16.6. The number of alkyl halides is 2. The molecular formula is C14H10F2N2O4S. The van der Waals surface area contributed by atoms with Crippen LogP contribution in [0.15, 0.2) is 56.7 Å². The highest BCUT2D eigenvalue weighted by Gasteiger charge is 2.26. The average Bonchev–Trinajstić information content (AvgIpc) is 2.84. The van der Waals surface area contributed by atoms with Gasteiger partial charge in [0.15, 0.2) is 11.2 Å². The molecule has 3 rings (SSSR count). The fourth-order valence-electron chi connectivity index (χ4n) is 2.11. The molecule has 0 fully saturated rings. The van der Waals surface area contributed by atoms with Crippen molar-refractivity contribution < 1.29 is 21.6 Å². The highest BCUT2D eigenvalue weighted by atomic mass is 32.2. The number of hydrogen-bond acceptors (Lipinski definition) is 5. The van der Waals surface area contributed by atoms with E-state index in [1.807, 2.05) is 0 Å². The number of sulfone groups is 1. The van der Waals surface area contributed by atoms with E-state index in [4.69, 9.17) is 4.42 Å². The van der Waals surface area contributed by atoms with Crippen LogP contribution in [0.25, 0.3) is 11.2 Å². The zero-order valence-electron chi connectivity index (χ0n) is 11.5. The van der Waals surface area contributed by atoms with Crippen LogP contribution in [0.2, 0.25) is 0 Å². The molecule has 120 valence electrons.